The number of imidazole rings is 1. The predicted octanol–water partition coefficient (Wildman–Crippen LogP) is 3.38. The molecule has 0 radical (unpaired) electrons. The summed E-state index contributed by atoms with van der Waals surface area (Å²) in [6.07, 6.45) is 0.359. The van der Waals surface area contributed by atoms with Crippen molar-refractivity contribution in [2.24, 2.45) is 0 Å². The molecule has 4 heterocycles. The molecule has 2 aliphatic rings. The van der Waals surface area contributed by atoms with Crippen molar-refractivity contribution in [3.63, 3.8) is 0 Å². The molecule has 228 valence electrons. The quantitative estimate of drug-likeness (QED) is 0.296. The van der Waals surface area contributed by atoms with Gasteiger partial charge in [-0.15, -0.1) is 0 Å². The van der Waals surface area contributed by atoms with E-state index in [9.17, 15) is 14.4 Å². The SMILES string of the molecule is CC(=O)OC[C@@]1(n2cnc3c(NC(=O)c4ccccc4)ncnc32)O[C@H](COC(=O)c2ccc(C)cc2)[C@H]2OC(C)(C)O[C@H]21. The highest BCUT2D eigenvalue weighted by atomic mass is 16.8. The average Bonchev–Trinajstić information content (AvgIpc) is 3.66. The highest BCUT2D eigenvalue weighted by Gasteiger charge is 2.65. The second-order valence-corrected chi connectivity index (χ2v) is 11.1. The van der Waals surface area contributed by atoms with Crippen molar-refractivity contribution in [3.8, 4) is 0 Å². The number of nitrogens with zero attached hydrogens (tertiary/aromatic N) is 4. The Kier molecular flexibility index (Phi) is 7.61. The molecule has 2 fully saturated rings. The third-order valence-electron chi connectivity index (χ3n) is 7.45. The van der Waals surface area contributed by atoms with Gasteiger partial charge in [0.1, 0.15) is 37.9 Å². The fraction of sp³-hybridized carbons (Fsp3) is 0.355. The van der Waals surface area contributed by atoms with E-state index in [1.165, 1.54) is 19.6 Å². The van der Waals surface area contributed by atoms with Crippen LogP contribution in [-0.4, -0.2) is 74.7 Å². The minimum absolute atomic E-state index is 0.171. The second kappa shape index (κ2) is 11.4. The number of benzene rings is 2. The largest absolute Gasteiger partial charge is 0.461 e. The Bertz CT molecular complexity index is 1710. The lowest BCUT2D eigenvalue weighted by molar-refractivity contribution is -0.245. The van der Waals surface area contributed by atoms with Gasteiger partial charge in [-0.05, 0) is 45.0 Å². The normalized spacial score (nSPS) is 23.7. The minimum atomic E-state index is -1.53. The van der Waals surface area contributed by atoms with E-state index in [0.29, 0.717) is 11.1 Å². The van der Waals surface area contributed by atoms with Gasteiger partial charge in [0.15, 0.2) is 22.8 Å². The van der Waals surface area contributed by atoms with Crippen LogP contribution in [0.2, 0.25) is 0 Å². The first-order valence-corrected chi connectivity index (χ1v) is 14.0. The molecule has 2 saturated heterocycles. The Hall–Kier alpha value is -4.72. The lowest BCUT2D eigenvalue weighted by Crippen LogP contribution is -2.49. The molecular weight excluding hydrogens is 570 g/mol. The average molecular weight is 602 g/mol. The maximum Gasteiger partial charge on any atom is 0.338 e. The van der Waals surface area contributed by atoms with E-state index in [0.717, 1.165) is 5.56 Å². The van der Waals surface area contributed by atoms with Crippen molar-refractivity contribution in [1.29, 1.82) is 0 Å². The van der Waals surface area contributed by atoms with Gasteiger partial charge in [0.2, 0.25) is 5.72 Å². The van der Waals surface area contributed by atoms with Crippen LogP contribution >= 0.6 is 0 Å². The van der Waals surface area contributed by atoms with Crippen molar-refractivity contribution in [2.75, 3.05) is 18.5 Å². The van der Waals surface area contributed by atoms with Crippen LogP contribution in [0.3, 0.4) is 0 Å². The van der Waals surface area contributed by atoms with E-state index >= 15 is 0 Å². The van der Waals surface area contributed by atoms with Crippen LogP contribution in [0.15, 0.2) is 67.3 Å². The van der Waals surface area contributed by atoms with E-state index in [1.807, 2.05) is 25.1 Å². The summed E-state index contributed by atoms with van der Waals surface area (Å²) in [5.74, 6) is -2.32. The summed E-state index contributed by atoms with van der Waals surface area (Å²) in [6, 6.07) is 15.7. The van der Waals surface area contributed by atoms with Crippen molar-refractivity contribution in [2.45, 2.75) is 57.5 Å². The second-order valence-electron chi connectivity index (χ2n) is 11.1. The van der Waals surface area contributed by atoms with Crippen molar-refractivity contribution in [3.05, 3.63) is 83.9 Å². The molecule has 6 rings (SSSR count). The van der Waals surface area contributed by atoms with Gasteiger partial charge in [0.05, 0.1) is 11.9 Å². The van der Waals surface area contributed by atoms with Gasteiger partial charge in [-0.3, -0.25) is 14.2 Å². The lowest BCUT2D eigenvalue weighted by Gasteiger charge is -2.35. The number of esters is 2. The first-order chi connectivity index (χ1) is 21.1. The van der Waals surface area contributed by atoms with Crippen LogP contribution in [0.25, 0.3) is 11.2 Å². The van der Waals surface area contributed by atoms with E-state index in [2.05, 4.69) is 20.3 Å². The van der Waals surface area contributed by atoms with Gasteiger partial charge < -0.3 is 29.0 Å². The van der Waals surface area contributed by atoms with Gasteiger partial charge in [0, 0.05) is 12.5 Å². The Labute approximate surface area is 252 Å². The Balaban J connectivity index is 1.35. The molecule has 4 aromatic rings. The van der Waals surface area contributed by atoms with Crippen molar-refractivity contribution >= 4 is 34.8 Å². The summed E-state index contributed by atoms with van der Waals surface area (Å²) >= 11 is 0. The summed E-state index contributed by atoms with van der Waals surface area (Å²) in [5, 5.41) is 2.78. The van der Waals surface area contributed by atoms with Gasteiger partial charge in [-0.2, -0.15) is 0 Å². The Morgan fingerprint density at radius 3 is 2.41 bits per heavy atom. The number of fused-ring (bicyclic) bond motifs is 2. The monoisotopic (exact) mass is 601 g/mol. The molecule has 4 atom stereocenters. The molecular formula is C31H31N5O8. The number of ether oxygens (including phenoxy) is 5. The third-order valence-corrected chi connectivity index (χ3v) is 7.45. The minimum Gasteiger partial charge on any atom is -0.461 e. The van der Waals surface area contributed by atoms with E-state index in [-0.39, 0.29) is 36.1 Å². The maximum atomic E-state index is 12.9. The molecule has 13 heteroatoms. The number of rotatable bonds is 8. The summed E-state index contributed by atoms with van der Waals surface area (Å²) < 4.78 is 31.9. The molecule has 44 heavy (non-hydrogen) atoms. The van der Waals surface area contributed by atoms with E-state index in [4.69, 9.17) is 23.7 Å². The number of aromatic nitrogens is 4. The fourth-order valence-corrected chi connectivity index (χ4v) is 5.42. The number of carbonyl (C=O) groups is 3. The molecule has 2 aromatic heterocycles. The van der Waals surface area contributed by atoms with E-state index in [1.54, 1.807) is 54.8 Å². The first kappa shape index (κ1) is 29.4. The molecule has 0 bridgehead atoms. The van der Waals surface area contributed by atoms with Crippen LogP contribution < -0.4 is 5.32 Å². The predicted molar refractivity (Wildman–Crippen MR) is 154 cm³/mol. The van der Waals surface area contributed by atoms with Crippen LogP contribution in [0.4, 0.5) is 5.82 Å². The van der Waals surface area contributed by atoms with Crippen LogP contribution in [0, 0.1) is 6.92 Å². The standard InChI is InChI=1S/C31H31N5O8/c1-18-10-12-21(13-11-18)29(39)40-14-22-24-25(44-30(3,4)43-24)31(42-22,15-41-19(2)37)36-17-34-23-26(32-16-33-27(23)36)35-28(38)20-8-6-5-7-9-20/h5-13,16-17,22,24-25H,14-15H2,1-4H3,(H,32,33,35,38)/t22-,24-,25-,31-/m1/s1. The molecule has 2 aromatic carbocycles. The van der Waals surface area contributed by atoms with Crippen LogP contribution in [0.5, 0.6) is 0 Å². The third kappa shape index (κ3) is 5.52. The van der Waals surface area contributed by atoms with Crippen molar-refractivity contribution < 1.29 is 38.1 Å². The van der Waals surface area contributed by atoms with Crippen molar-refractivity contribution in [1.82, 2.24) is 19.5 Å². The highest BCUT2D eigenvalue weighted by molar-refractivity contribution is 6.06. The number of hydrogen-bond donors (Lipinski definition) is 1. The Morgan fingerprint density at radius 2 is 1.68 bits per heavy atom. The number of nitrogens with one attached hydrogen (secondary N) is 1. The lowest BCUT2D eigenvalue weighted by atomic mass is 10.0. The zero-order valence-electron chi connectivity index (χ0n) is 24.6. The number of hydrogen-bond acceptors (Lipinski definition) is 11. The summed E-state index contributed by atoms with van der Waals surface area (Å²) in [4.78, 5) is 51.0. The van der Waals surface area contributed by atoms with Crippen LogP contribution in [-0.2, 0) is 34.2 Å². The smallest absolute Gasteiger partial charge is 0.338 e. The number of aryl methyl sites for hydroxylation is 1. The summed E-state index contributed by atoms with van der Waals surface area (Å²) in [5.41, 5.74) is 0.856. The molecule has 1 N–H and O–H groups in total. The van der Waals surface area contributed by atoms with Gasteiger partial charge in [-0.1, -0.05) is 35.9 Å². The molecule has 0 spiro atoms. The molecule has 0 aliphatic carbocycles. The summed E-state index contributed by atoms with van der Waals surface area (Å²) in [6.45, 7) is 6.24. The first-order valence-electron chi connectivity index (χ1n) is 14.0. The fourth-order valence-electron chi connectivity index (χ4n) is 5.42. The van der Waals surface area contributed by atoms with E-state index < -0.39 is 41.8 Å². The number of carbonyl (C=O) groups excluding carboxylic acids is 3. The topological polar surface area (TPSA) is 153 Å². The molecule has 1 amide bonds. The molecule has 0 saturated carbocycles. The molecule has 13 nitrogen and oxygen atoms in total. The number of amides is 1. The zero-order valence-corrected chi connectivity index (χ0v) is 24.6. The zero-order chi connectivity index (χ0) is 31.1. The summed E-state index contributed by atoms with van der Waals surface area (Å²) in [7, 11) is 0. The maximum absolute atomic E-state index is 12.9. The Morgan fingerprint density at radius 1 is 0.932 bits per heavy atom. The van der Waals surface area contributed by atoms with Crippen LogP contribution in [0.1, 0.15) is 47.1 Å². The molecule has 2 aliphatic heterocycles. The van der Waals surface area contributed by atoms with Gasteiger partial charge in [0.25, 0.3) is 5.91 Å². The molecule has 0 unspecified atom stereocenters. The van der Waals surface area contributed by atoms with Gasteiger partial charge >= 0.3 is 11.9 Å². The highest BCUT2D eigenvalue weighted by Crippen LogP contribution is 2.48. The van der Waals surface area contributed by atoms with Gasteiger partial charge in [-0.25, -0.2) is 19.7 Å². The number of anilines is 1.